The van der Waals surface area contributed by atoms with E-state index in [9.17, 15) is 19.3 Å². The summed E-state index contributed by atoms with van der Waals surface area (Å²) in [5, 5.41) is 11.7. The van der Waals surface area contributed by atoms with Gasteiger partial charge in [-0.05, 0) is 43.2 Å². The van der Waals surface area contributed by atoms with E-state index in [0.29, 0.717) is 0 Å². The third kappa shape index (κ3) is 7.72. The lowest BCUT2D eigenvalue weighted by Gasteiger charge is -2.23. The minimum atomic E-state index is -3.94. The third-order valence-corrected chi connectivity index (χ3v) is 9.92. The maximum atomic E-state index is 14.1. The third-order valence-electron chi connectivity index (χ3n) is 7.54. The fourth-order valence-electron chi connectivity index (χ4n) is 5.04. The van der Waals surface area contributed by atoms with Crippen molar-refractivity contribution < 1.29 is 28.2 Å². The zero-order valence-electron chi connectivity index (χ0n) is 24.6. The van der Waals surface area contributed by atoms with Gasteiger partial charge in [0.2, 0.25) is 0 Å². The van der Waals surface area contributed by atoms with Crippen LogP contribution < -0.4 is 20.3 Å². The Morgan fingerprint density at radius 1 is 0.911 bits per heavy atom. The number of benzene rings is 3. The molecule has 45 heavy (non-hydrogen) atoms. The number of hydrogen-bond donors (Lipinski definition) is 1. The quantitative estimate of drug-likeness (QED) is 0.171. The van der Waals surface area contributed by atoms with Crippen LogP contribution in [0.5, 0.6) is 11.5 Å². The lowest BCUT2D eigenvalue weighted by molar-refractivity contribution is -0.0428. The lowest BCUT2D eigenvalue weighted by atomic mass is 9.99. The number of aliphatic hydroxyl groups is 1. The summed E-state index contributed by atoms with van der Waals surface area (Å²) in [5.74, 6) is -0.135. The number of aliphatic hydroxyl groups excluding tert-OH is 1. The Bertz CT molecular complexity index is 1750. The molecule has 1 N–H and O–H groups in total. The van der Waals surface area contributed by atoms with Crippen molar-refractivity contribution in [3.8, 4) is 11.5 Å². The second-order valence-electron chi connectivity index (χ2n) is 10.8. The van der Waals surface area contributed by atoms with Gasteiger partial charge in [-0.1, -0.05) is 84.7 Å². The summed E-state index contributed by atoms with van der Waals surface area (Å²) in [6.07, 6.45) is -1.49. The van der Waals surface area contributed by atoms with Crippen LogP contribution in [0.2, 0.25) is 10.0 Å². The molecule has 2 heterocycles. The van der Waals surface area contributed by atoms with Gasteiger partial charge in [0, 0.05) is 17.7 Å². The molecule has 4 atom stereocenters. The molecule has 1 saturated heterocycles. The number of aromatic nitrogens is 2. The summed E-state index contributed by atoms with van der Waals surface area (Å²) in [7, 11) is -3.94. The molecule has 10 nitrogen and oxygen atoms in total. The van der Waals surface area contributed by atoms with Gasteiger partial charge in [-0.3, -0.25) is 9.36 Å². The first-order valence-electron chi connectivity index (χ1n) is 14.3. The van der Waals surface area contributed by atoms with E-state index in [4.69, 9.17) is 41.7 Å². The predicted octanol–water partition coefficient (Wildman–Crippen LogP) is 6.44. The number of hydrogen-bond acceptors (Lipinski definition) is 8. The summed E-state index contributed by atoms with van der Waals surface area (Å²) in [6, 6.07) is 22.5. The van der Waals surface area contributed by atoms with Gasteiger partial charge >= 0.3 is 13.3 Å². The number of ether oxygens (including phenoxy) is 2. The van der Waals surface area contributed by atoms with E-state index in [2.05, 4.69) is 0 Å². The second kappa shape index (κ2) is 14.4. The van der Waals surface area contributed by atoms with E-state index in [1.54, 1.807) is 62.4 Å². The Labute approximate surface area is 270 Å². The van der Waals surface area contributed by atoms with Crippen LogP contribution in [0.1, 0.15) is 30.7 Å². The molecule has 1 aliphatic rings. The van der Waals surface area contributed by atoms with Crippen LogP contribution in [-0.4, -0.2) is 32.6 Å². The van der Waals surface area contributed by atoms with Crippen molar-refractivity contribution >= 4 is 30.8 Å². The molecule has 1 aliphatic heterocycles. The van der Waals surface area contributed by atoms with Crippen molar-refractivity contribution in [1.82, 2.24) is 9.13 Å². The minimum absolute atomic E-state index is 0.126. The molecule has 3 aromatic carbocycles. The van der Waals surface area contributed by atoms with Crippen molar-refractivity contribution in [2.24, 2.45) is 5.92 Å². The molecule has 4 aromatic rings. The maximum Gasteiger partial charge on any atom is 0.430 e. The summed E-state index contributed by atoms with van der Waals surface area (Å²) >= 11 is 12.6. The van der Waals surface area contributed by atoms with Crippen molar-refractivity contribution in [2.75, 3.05) is 6.16 Å². The first-order valence-corrected chi connectivity index (χ1v) is 16.8. The molecule has 0 aliphatic carbocycles. The number of para-hydroxylation sites is 2. The number of rotatable bonds is 12. The highest BCUT2D eigenvalue weighted by Crippen LogP contribution is 2.52. The van der Waals surface area contributed by atoms with Gasteiger partial charge in [-0.25, -0.2) is 13.9 Å². The number of aryl methyl sites for hydroxylation is 1. The molecule has 238 valence electrons. The van der Waals surface area contributed by atoms with Gasteiger partial charge in [0.15, 0.2) is 6.23 Å². The molecule has 1 aromatic heterocycles. The zero-order chi connectivity index (χ0) is 32.1. The number of nitrogens with zero attached hydrogens (tertiary/aromatic N) is 2. The molecule has 0 saturated carbocycles. The molecule has 0 radical (unpaired) electrons. The van der Waals surface area contributed by atoms with Gasteiger partial charge in [-0.2, -0.15) is 0 Å². The van der Waals surface area contributed by atoms with E-state index >= 15 is 0 Å². The fraction of sp³-hybridized carbons (Fsp3) is 0.312. The minimum Gasteiger partial charge on any atom is -0.414 e. The standard InChI is InChI=1S/C32H33Cl2N2O8P/c1-21-18-35(32(39)36(30(21)38)20-41-19-23-10-4-3-5-11-23)31-29(37)22(2)26(42-31)16-17-45(40,43-27-14-8-6-12-24(27)33)44-28-15-9-7-13-25(28)34/h3-15,18,22,26,29,31,37H,16-17,19-20H2,1-2H3/t22-,26-,29-,31-/m1/s1. The first-order chi connectivity index (χ1) is 21.6. The molecule has 0 unspecified atom stereocenters. The van der Waals surface area contributed by atoms with E-state index < -0.39 is 43.2 Å². The molecule has 0 bridgehead atoms. The smallest absolute Gasteiger partial charge is 0.414 e. The van der Waals surface area contributed by atoms with Crippen LogP contribution in [0.4, 0.5) is 0 Å². The molecule has 0 spiro atoms. The van der Waals surface area contributed by atoms with E-state index in [0.717, 1.165) is 10.1 Å². The van der Waals surface area contributed by atoms with E-state index in [1.165, 1.54) is 10.8 Å². The van der Waals surface area contributed by atoms with E-state index in [-0.39, 0.29) is 53.0 Å². The SMILES string of the molecule is Cc1cn([C@@H]2O[C@H](CCP(=O)(Oc3ccccc3Cl)Oc3ccccc3Cl)[C@@H](C)[C@H]2O)c(=O)n(COCc2ccccc2)c1=O. The van der Waals surface area contributed by atoms with Crippen LogP contribution in [0.15, 0.2) is 94.6 Å². The zero-order valence-corrected chi connectivity index (χ0v) is 27.0. The first kappa shape index (κ1) is 33.0. The van der Waals surface area contributed by atoms with Crippen LogP contribution in [0.3, 0.4) is 0 Å². The predicted molar refractivity (Wildman–Crippen MR) is 171 cm³/mol. The van der Waals surface area contributed by atoms with Crippen molar-refractivity contribution in [2.45, 2.75) is 52.0 Å². The Morgan fingerprint density at radius 3 is 2.09 bits per heavy atom. The van der Waals surface area contributed by atoms with Crippen molar-refractivity contribution in [3.05, 3.63) is 127 Å². The highest BCUT2D eigenvalue weighted by atomic mass is 35.5. The van der Waals surface area contributed by atoms with Gasteiger partial charge in [0.25, 0.3) is 5.56 Å². The normalized spacial score (nSPS) is 19.8. The summed E-state index contributed by atoms with van der Waals surface area (Å²) < 4.78 is 39.9. The highest BCUT2D eigenvalue weighted by molar-refractivity contribution is 7.54. The summed E-state index contributed by atoms with van der Waals surface area (Å²) in [5.41, 5.74) is -0.0317. The van der Waals surface area contributed by atoms with Gasteiger partial charge in [0.05, 0.1) is 28.9 Å². The Hall–Kier alpha value is -3.37. The lowest BCUT2D eigenvalue weighted by Crippen LogP contribution is -2.44. The molecule has 5 rings (SSSR count). The fourth-order valence-corrected chi connectivity index (χ4v) is 7.20. The van der Waals surface area contributed by atoms with Crippen LogP contribution in [-0.2, 0) is 27.4 Å². The van der Waals surface area contributed by atoms with Crippen LogP contribution in [0.25, 0.3) is 0 Å². The van der Waals surface area contributed by atoms with Gasteiger partial charge in [0.1, 0.15) is 24.3 Å². The largest absolute Gasteiger partial charge is 0.430 e. The molecular formula is C32H33Cl2N2O8P. The summed E-state index contributed by atoms with van der Waals surface area (Å²) in [6.45, 7) is 3.26. The molecular weight excluding hydrogens is 642 g/mol. The van der Waals surface area contributed by atoms with Gasteiger partial charge in [-0.15, -0.1) is 0 Å². The monoisotopic (exact) mass is 674 g/mol. The van der Waals surface area contributed by atoms with Crippen LogP contribution in [0, 0.1) is 12.8 Å². The highest BCUT2D eigenvalue weighted by Gasteiger charge is 2.44. The topological polar surface area (TPSA) is 118 Å². The maximum absolute atomic E-state index is 14.1. The molecule has 1 fully saturated rings. The Kier molecular flexibility index (Phi) is 10.5. The Morgan fingerprint density at radius 2 is 1.49 bits per heavy atom. The average molecular weight is 676 g/mol. The summed E-state index contributed by atoms with van der Waals surface area (Å²) in [4.78, 5) is 26.3. The van der Waals surface area contributed by atoms with Crippen molar-refractivity contribution in [3.63, 3.8) is 0 Å². The van der Waals surface area contributed by atoms with Crippen molar-refractivity contribution in [1.29, 1.82) is 0 Å². The van der Waals surface area contributed by atoms with E-state index in [1.807, 2.05) is 30.3 Å². The second-order valence-corrected chi connectivity index (χ2v) is 13.6. The van der Waals surface area contributed by atoms with Gasteiger partial charge < -0.3 is 23.6 Å². The van der Waals surface area contributed by atoms with Crippen LogP contribution >= 0.6 is 30.8 Å². The number of halogens is 2. The average Bonchev–Trinajstić information content (AvgIpc) is 3.31. The Balaban J connectivity index is 1.34. The molecule has 13 heteroatoms. The molecule has 0 amide bonds.